The van der Waals surface area contributed by atoms with Crippen molar-refractivity contribution in [1.29, 1.82) is 0 Å². The molecule has 112 valence electrons. The number of aromatic nitrogens is 3. The van der Waals surface area contributed by atoms with Crippen molar-refractivity contribution < 1.29 is 9.59 Å². The molecular weight excluding hydrogens is 290 g/mol. The Balaban J connectivity index is 1.80. The Hall–Kier alpha value is -2.09. The maximum absolute atomic E-state index is 11.7. The van der Waals surface area contributed by atoms with Gasteiger partial charge in [0.15, 0.2) is 10.8 Å². The maximum Gasteiger partial charge on any atom is 0.239 e. The second-order valence-electron chi connectivity index (χ2n) is 4.70. The predicted octanol–water partition coefficient (Wildman–Crippen LogP) is 0.462. The molecule has 0 radical (unpaired) electrons. The molecule has 0 aromatic carbocycles. The minimum absolute atomic E-state index is 0.0157. The Kier molecular flexibility index (Phi) is 5.15. The van der Waals surface area contributed by atoms with E-state index in [0.717, 1.165) is 5.65 Å². The first-order valence-electron chi connectivity index (χ1n) is 6.55. The largest absolute Gasteiger partial charge is 0.352 e. The number of nitrogens with one attached hydrogen (secondary N) is 2. The van der Waals surface area contributed by atoms with Crippen LogP contribution in [0.5, 0.6) is 0 Å². The maximum atomic E-state index is 11.7. The summed E-state index contributed by atoms with van der Waals surface area (Å²) in [7, 11) is 0. The van der Waals surface area contributed by atoms with Gasteiger partial charge in [-0.1, -0.05) is 17.8 Å². The van der Waals surface area contributed by atoms with E-state index in [0.29, 0.717) is 5.16 Å². The first-order valence-corrected chi connectivity index (χ1v) is 7.53. The number of hydrogen-bond acceptors (Lipinski definition) is 5. The fourth-order valence-electron chi connectivity index (χ4n) is 1.65. The van der Waals surface area contributed by atoms with Crippen LogP contribution in [0.1, 0.15) is 13.8 Å². The summed E-state index contributed by atoms with van der Waals surface area (Å²) in [5.41, 5.74) is 0.733. The molecule has 0 spiro atoms. The monoisotopic (exact) mass is 307 g/mol. The zero-order valence-electron chi connectivity index (χ0n) is 11.9. The third kappa shape index (κ3) is 4.45. The molecule has 2 aromatic rings. The summed E-state index contributed by atoms with van der Waals surface area (Å²) in [6.07, 6.45) is 1.84. The van der Waals surface area contributed by atoms with Crippen LogP contribution < -0.4 is 10.6 Å². The average Bonchev–Trinajstić information content (AvgIpc) is 2.85. The van der Waals surface area contributed by atoms with Gasteiger partial charge in [-0.3, -0.25) is 14.0 Å². The summed E-state index contributed by atoms with van der Waals surface area (Å²) in [4.78, 5) is 23.1. The number of rotatable bonds is 6. The van der Waals surface area contributed by atoms with Crippen molar-refractivity contribution >= 4 is 29.2 Å². The number of nitrogens with zero attached hydrogens (tertiary/aromatic N) is 3. The molecule has 2 N–H and O–H groups in total. The Labute approximate surface area is 126 Å². The number of pyridine rings is 1. The molecule has 2 heterocycles. The van der Waals surface area contributed by atoms with Gasteiger partial charge < -0.3 is 10.6 Å². The molecule has 2 aromatic heterocycles. The van der Waals surface area contributed by atoms with Crippen LogP contribution in [0.2, 0.25) is 0 Å². The molecule has 2 rings (SSSR count). The van der Waals surface area contributed by atoms with E-state index in [1.54, 1.807) is 0 Å². The summed E-state index contributed by atoms with van der Waals surface area (Å²) in [6, 6.07) is 5.65. The summed E-state index contributed by atoms with van der Waals surface area (Å²) in [5, 5.41) is 13.9. The fraction of sp³-hybridized carbons (Fsp3) is 0.385. The summed E-state index contributed by atoms with van der Waals surface area (Å²) in [6.45, 7) is 3.72. The van der Waals surface area contributed by atoms with Crippen LogP contribution in [0.4, 0.5) is 0 Å². The van der Waals surface area contributed by atoms with Crippen molar-refractivity contribution in [2.75, 3.05) is 12.3 Å². The van der Waals surface area contributed by atoms with Crippen molar-refractivity contribution in [2.24, 2.45) is 0 Å². The van der Waals surface area contributed by atoms with Gasteiger partial charge in [0.2, 0.25) is 11.8 Å². The Bertz CT molecular complexity index is 640. The van der Waals surface area contributed by atoms with Crippen LogP contribution in [0.25, 0.3) is 5.65 Å². The second-order valence-corrected chi connectivity index (χ2v) is 5.64. The molecule has 0 saturated carbocycles. The fourth-order valence-corrected chi connectivity index (χ4v) is 2.41. The first kappa shape index (κ1) is 15.3. The first-order chi connectivity index (χ1) is 10.1. The molecule has 0 bridgehead atoms. The van der Waals surface area contributed by atoms with E-state index >= 15 is 0 Å². The topological polar surface area (TPSA) is 88.4 Å². The van der Waals surface area contributed by atoms with Gasteiger partial charge in [0.05, 0.1) is 12.3 Å². The molecule has 0 saturated heterocycles. The van der Waals surface area contributed by atoms with Gasteiger partial charge in [0.25, 0.3) is 0 Å². The van der Waals surface area contributed by atoms with E-state index in [1.807, 2.05) is 42.6 Å². The minimum atomic E-state index is -0.216. The predicted molar refractivity (Wildman–Crippen MR) is 80.0 cm³/mol. The third-order valence-electron chi connectivity index (χ3n) is 2.51. The zero-order chi connectivity index (χ0) is 15.2. The molecule has 0 aliphatic rings. The Morgan fingerprint density at radius 3 is 2.86 bits per heavy atom. The molecule has 0 aliphatic heterocycles. The molecule has 21 heavy (non-hydrogen) atoms. The lowest BCUT2D eigenvalue weighted by Gasteiger charge is -2.08. The van der Waals surface area contributed by atoms with Crippen molar-refractivity contribution in [3.63, 3.8) is 0 Å². The highest BCUT2D eigenvalue weighted by molar-refractivity contribution is 7.99. The summed E-state index contributed by atoms with van der Waals surface area (Å²) < 4.78 is 1.81. The van der Waals surface area contributed by atoms with E-state index in [-0.39, 0.29) is 30.2 Å². The summed E-state index contributed by atoms with van der Waals surface area (Å²) in [5.74, 6) is -0.229. The molecule has 0 atom stereocenters. The van der Waals surface area contributed by atoms with Crippen molar-refractivity contribution in [3.8, 4) is 0 Å². The number of carbonyl (C=O) groups is 2. The molecule has 8 heteroatoms. The zero-order valence-corrected chi connectivity index (χ0v) is 12.7. The number of fused-ring (bicyclic) bond motifs is 1. The van der Waals surface area contributed by atoms with E-state index in [4.69, 9.17) is 0 Å². The van der Waals surface area contributed by atoms with Gasteiger partial charge in [-0.05, 0) is 26.0 Å². The summed E-state index contributed by atoms with van der Waals surface area (Å²) >= 11 is 1.28. The van der Waals surface area contributed by atoms with Gasteiger partial charge in [-0.25, -0.2) is 0 Å². The molecule has 0 unspecified atom stereocenters. The van der Waals surface area contributed by atoms with Crippen LogP contribution in [-0.4, -0.2) is 44.8 Å². The molecule has 0 aliphatic carbocycles. The van der Waals surface area contributed by atoms with Crippen LogP contribution in [0.3, 0.4) is 0 Å². The quantitative estimate of drug-likeness (QED) is 0.757. The van der Waals surface area contributed by atoms with E-state index in [2.05, 4.69) is 20.8 Å². The lowest BCUT2D eigenvalue weighted by Crippen LogP contribution is -2.40. The highest BCUT2D eigenvalue weighted by Gasteiger charge is 2.10. The van der Waals surface area contributed by atoms with Crippen LogP contribution in [-0.2, 0) is 9.59 Å². The molecule has 2 amide bonds. The Morgan fingerprint density at radius 1 is 1.29 bits per heavy atom. The van der Waals surface area contributed by atoms with Crippen LogP contribution in [0, 0.1) is 0 Å². The average molecular weight is 307 g/mol. The number of thioether (sulfide) groups is 1. The van der Waals surface area contributed by atoms with Gasteiger partial charge in [-0.2, -0.15) is 0 Å². The molecular formula is C13H17N5O2S. The van der Waals surface area contributed by atoms with Crippen molar-refractivity contribution in [1.82, 2.24) is 25.2 Å². The lowest BCUT2D eigenvalue weighted by molar-refractivity contribution is -0.125. The van der Waals surface area contributed by atoms with Gasteiger partial charge in [0.1, 0.15) is 0 Å². The van der Waals surface area contributed by atoms with E-state index < -0.39 is 0 Å². The van der Waals surface area contributed by atoms with Gasteiger partial charge in [-0.15, -0.1) is 10.2 Å². The highest BCUT2D eigenvalue weighted by Crippen LogP contribution is 2.15. The van der Waals surface area contributed by atoms with Crippen molar-refractivity contribution in [2.45, 2.75) is 25.0 Å². The minimum Gasteiger partial charge on any atom is -0.352 e. The van der Waals surface area contributed by atoms with Gasteiger partial charge >= 0.3 is 0 Å². The van der Waals surface area contributed by atoms with Crippen LogP contribution in [0.15, 0.2) is 29.6 Å². The normalized spacial score (nSPS) is 10.8. The number of hydrogen-bond donors (Lipinski definition) is 2. The van der Waals surface area contributed by atoms with E-state index in [1.165, 1.54) is 11.8 Å². The third-order valence-corrected chi connectivity index (χ3v) is 3.45. The lowest BCUT2D eigenvalue weighted by atomic mass is 10.4. The molecule has 0 fully saturated rings. The second kappa shape index (κ2) is 7.07. The highest BCUT2D eigenvalue weighted by atomic mass is 32.2. The van der Waals surface area contributed by atoms with E-state index in [9.17, 15) is 9.59 Å². The van der Waals surface area contributed by atoms with Gasteiger partial charge in [0, 0.05) is 12.2 Å². The molecule has 7 nitrogen and oxygen atoms in total. The smallest absolute Gasteiger partial charge is 0.239 e. The number of amides is 2. The Morgan fingerprint density at radius 2 is 2.10 bits per heavy atom. The SMILES string of the molecule is CC(C)NC(=O)CNC(=O)CSc1nnc2ccccn12. The van der Waals surface area contributed by atoms with Crippen molar-refractivity contribution in [3.05, 3.63) is 24.4 Å². The number of carbonyl (C=O) groups excluding carboxylic acids is 2. The standard InChI is InChI=1S/C13H17N5O2S/c1-9(2)15-11(19)7-14-12(20)8-21-13-17-16-10-5-3-4-6-18(10)13/h3-6,9H,7-8H2,1-2H3,(H,14,20)(H,15,19). The van der Waals surface area contributed by atoms with Crippen LogP contribution >= 0.6 is 11.8 Å².